The number of pyridine rings is 1. The van der Waals surface area contributed by atoms with E-state index in [4.69, 9.17) is 0 Å². The Balaban J connectivity index is 1.80. The first-order valence-corrected chi connectivity index (χ1v) is 7.35. The minimum absolute atomic E-state index is 0.155. The molecule has 2 aliphatic carbocycles. The summed E-state index contributed by atoms with van der Waals surface area (Å²) < 4.78 is 0. The van der Waals surface area contributed by atoms with Gasteiger partial charge in [-0.25, -0.2) is 0 Å². The highest BCUT2D eigenvalue weighted by atomic mass is 16.2. The van der Waals surface area contributed by atoms with E-state index in [0.717, 1.165) is 6.42 Å². The van der Waals surface area contributed by atoms with Crippen molar-refractivity contribution in [3.63, 3.8) is 0 Å². The van der Waals surface area contributed by atoms with Crippen molar-refractivity contribution in [2.24, 2.45) is 16.7 Å². The summed E-state index contributed by atoms with van der Waals surface area (Å²) in [6.45, 7) is 6.93. The van der Waals surface area contributed by atoms with Crippen LogP contribution < -0.4 is 10.9 Å². The number of hydrogen-bond donors (Lipinski definition) is 2. The van der Waals surface area contributed by atoms with Crippen molar-refractivity contribution < 1.29 is 4.79 Å². The van der Waals surface area contributed by atoms with Gasteiger partial charge in [0.15, 0.2) is 0 Å². The van der Waals surface area contributed by atoms with Gasteiger partial charge in [-0.2, -0.15) is 0 Å². The number of amides is 1. The summed E-state index contributed by atoms with van der Waals surface area (Å²) in [6, 6.07) is 4.88. The van der Waals surface area contributed by atoms with Crippen molar-refractivity contribution in [2.45, 2.75) is 46.1 Å². The smallest absolute Gasteiger partial charge is 0.268 e. The van der Waals surface area contributed by atoms with Gasteiger partial charge in [-0.3, -0.25) is 9.59 Å². The molecule has 3 unspecified atom stereocenters. The van der Waals surface area contributed by atoms with E-state index in [2.05, 4.69) is 31.1 Å². The summed E-state index contributed by atoms with van der Waals surface area (Å²) in [5.41, 5.74) is 0.538. The first-order chi connectivity index (χ1) is 9.34. The molecule has 0 radical (unpaired) electrons. The fourth-order valence-corrected chi connectivity index (χ4v) is 4.24. The lowest BCUT2D eigenvalue weighted by Crippen LogP contribution is -2.47. The van der Waals surface area contributed by atoms with Gasteiger partial charge in [-0.05, 0) is 42.1 Å². The zero-order chi connectivity index (χ0) is 14.5. The van der Waals surface area contributed by atoms with Crippen LogP contribution in [0.2, 0.25) is 0 Å². The van der Waals surface area contributed by atoms with E-state index in [1.165, 1.54) is 18.9 Å². The SMILES string of the molecule is CC1(C)C2CCC1(C)C(NC(=O)c1cccc(=O)[nH]1)C2. The number of aromatic amines is 1. The molecule has 2 N–H and O–H groups in total. The fourth-order valence-electron chi connectivity index (χ4n) is 4.24. The second-order valence-corrected chi connectivity index (χ2v) is 7.07. The topological polar surface area (TPSA) is 62.0 Å². The van der Waals surface area contributed by atoms with E-state index in [0.29, 0.717) is 11.6 Å². The van der Waals surface area contributed by atoms with Crippen LogP contribution in [-0.4, -0.2) is 16.9 Å². The lowest BCUT2D eigenvalue weighted by Gasteiger charge is -2.39. The molecule has 0 spiro atoms. The second-order valence-electron chi connectivity index (χ2n) is 7.07. The molecule has 2 bridgehead atoms. The molecule has 1 amide bonds. The van der Waals surface area contributed by atoms with Gasteiger partial charge in [0.2, 0.25) is 5.56 Å². The number of nitrogens with one attached hydrogen (secondary N) is 2. The largest absolute Gasteiger partial charge is 0.347 e. The summed E-state index contributed by atoms with van der Waals surface area (Å²) in [5.74, 6) is 0.518. The number of H-pyrrole nitrogens is 1. The van der Waals surface area contributed by atoms with E-state index in [9.17, 15) is 9.59 Å². The number of aromatic nitrogens is 1. The molecule has 0 saturated heterocycles. The standard InChI is InChI=1S/C16H22N2O2/c1-15(2)10-7-8-16(15,3)12(9-10)18-14(20)11-5-4-6-13(19)17-11/h4-6,10,12H,7-9H2,1-3H3,(H,17,19)(H,18,20). The quantitative estimate of drug-likeness (QED) is 0.869. The van der Waals surface area contributed by atoms with Crippen LogP contribution in [0, 0.1) is 16.7 Å². The molecule has 4 heteroatoms. The Morgan fingerprint density at radius 3 is 2.65 bits per heavy atom. The van der Waals surface area contributed by atoms with Crippen molar-refractivity contribution in [3.8, 4) is 0 Å². The average molecular weight is 274 g/mol. The average Bonchev–Trinajstić information content (AvgIpc) is 2.72. The molecule has 2 fully saturated rings. The molecule has 1 aromatic heterocycles. The van der Waals surface area contributed by atoms with Crippen molar-refractivity contribution >= 4 is 5.91 Å². The second kappa shape index (κ2) is 4.21. The van der Waals surface area contributed by atoms with Crippen LogP contribution >= 0.6 is 0 Å². The summed E-state index contributed by atoms with van der Waals surface area (Å²) in [5, 5.41) is 3.14. The molecule has 4 nitrogen and oxygen atoms in total. The maximum absolute atomic E-state index is 12.3. The zero-order valence-electron chi connectivity index (χ0n) is 12.3. The predicted octanol–water partition coefficient (Wildman–Crippen LogP) is 2.32. The first kappa shape index (κ1) is 13.4. The molecule has 1 heterocycles. The number of rotatable bonds is 2. The van der Waals surface area contributed by atoms with E-state index >= 15 is 0 Å². The Morgan fingerprint density at radius 1 is 1.35 bits per heavy atom. The number of hydrogen-bond acceptors (Lipinski definition) is 2. The molecule has 1 aromatic rings. The van der Waals surface area contributed by atoms with Crippen molar-refractivity contribution in [1.29, 1.82) is 0 Å². The minimum atomic E-state index is -0.239. The predicted molar refractivity (Wildman–Crippen MR) is 77.5 cm³/mol. The van der Waals surface area contributed by atoms with Crippen LogP contribution in [-0.2, 0) is 0 Å². The lowest BCUT2D eigenvalue weighted by molar-refractivity contribution is 0.0821. The Bertz CT molecular complexity index is 604. The fraction of sp³-hybridized carbons (Fsp3) is 0.625. The monoisotopic (exact) mass is 274 g/mol. The maximum Gasteiger partial charge on any atom is 0.268 e. The van der Waals surface area contributed by atoms with Gasteiger partial charge in [-0.1, -0.05) is 26.8 Å². The molecule has 0 aliphatic heterocycles. The zero-order valence-corrected chi connectivity index (χ0v) is 12.3. The summed E-state index contributed by atoms with van der Waals surface area (Å²) in [7, 11) is 0. The third-order valence-corrected chi connectivity index (χ3v) is 6.11. The third kappa shape index (κ3) is 1.74. The summed E-state index contributed by atoms with van der Waals surface area (Å²) >= 11 is 0. The summed E-state index contributed by atoms with van der Waals surface area (Å²) in [4.78, 5) is 26.2. The maximum atomic E-state index is 12.3. The van der Waals surface area contributed by atoms with E-state index in [-0.39, 0.29) is 28.3 Å². The van der Waals surface area contributed by atoms with E-state index < -0.39 is 0 Å². The molecule has 3 atom stereocenters. The van der Waals surface area contributed by atoms with Crippen LogP contribution in [0.15, 0.2) is 23.0 Å². The Morgan fingerprint density at radius 2 is 2.10 bits per heavy atom. The van der Waals surface area contributed by atoms with E-state index in [1.807, 2.05) is 0 Å². The highest BCUT2D eigenvalue weighted by molar-refractivity contribution is 5.92. The molecular weight excluding hydrogens is 252 g/mol. The van der Waals surface area contributed by atoms with Crippen LogP contribution in [0.3, 0.4) is 0 Å². The molecule has 20 heavy (non-hydrogen) atoms. The van der Waals surface area contributed by atoms with Crippen molar-refractivity contribution in [1.82, 2.24) is 10.3 Å². The van der Waals surface area contributed by atoms with Gasteiger partial charge < -0.3 is 10.3 Å². The number of carbonyl (C=O) groups is 1. The first-order valence-electron chi connectivity index (χ1n) is 7.35. The van der Waals surface area contributed by atoms with Gasteiger partial charge in [0.25, 0.3) is 5.91 Å². The molecular formula is C16H22N2O2. The van der Waals surface area contributed by atoms with Gasteiger partial charge in [0.05, 0.1) is 0 Å². The van der Waals surface area contributed by atoms with Gasteiger partial charge >= 0.3 is 0 Å². The highest BCUT2D eigenvalue weighted by Crippen LogP contribution is 2.65. The molecule has 2 aliphatic rings. The van der Waals surface area contributed by atoms with Gasteiger partial charge in [0, 0.05) is 12.1 Å². The Hall–Kier alpha value is -1.58. The highest BCUT2D eigenvalue weighted by Gasteiger charge is 2.61. The summed E-state index contributed by atoms with van der Waals surface area (Å²) in [6.07, 6.45) is 3.48. The van der Waals surface area contributed by atoms with Gasteiger partial charge in [-0.15, -0.1) is 0 Å². The number of carbonyl (C=O) groups excluding carboxylic acids is 1. The van der Waals surface area contributed by atoms with Crippen molar-refractivity contribution in [2.75, 3.05) is 0 Å². The molecule has 3 rings (SSSR count). The van der Waals surface area contributed by atoms with Gasteiger partial charge in [0.1, 0.15) is 5.69 Å². The lowest BCUT2D eigenvalue weighted by atomic mass is 9.69. The molecule has 0 aromatic carbocycles. The number of fused-ring (bicyclic) bond motifs is 2. The Labute approximate surface area is 119 Å². The van der Waals surface area contributed by atoms with Crippen LogP contribution in [0.25, 0.3) is 0 Å². The van der Waals surface area contributed by atoms with E-state index in [1.54, 1.807) is 12.1 Å². The molecule has 2 saturated carbocycles. The third-order valence-electron chi connectivity index (χ3n) is 6.11. The van der Waals surface area contributed by atoms with Crippen LogP contribution in [0.1, 0.15) is 50.5 Å². The van der Waals surface area contributed by atoms with Crippen molar-refractivity contribution in [3.05, 3.63) is 34.2 Å². The minimum Gasteiger partial charge on any atom is -0.347 e. The van der Waals surface area contributed by atoms with Crippen LogP contribution in [0.4, 0.5) is 0 Å². The molecule has 108 valence electrons. The normalized spacial score (nSPS) is 34.1. The van der Waals surface area contributed by atoms with Crippen LogP contribution in [0.5, 0.6) is 0 Å². The Kier molecular flexibility index (Phi) is 2.82.